The van der Waals surface area contributed by atoms with Crippen molar-refractivity contribution in [1.29, 1.82) is 0 Å². The molecule has 1 heterocycles. The second kappa shape index (κ2) is 6.20. The molecule has 0 spiro atoms. The molecule has 1 aliphatic heterocycles. The van der Waals surface area contributed by atoms with Gasteiger partial charge >= 0.3 is 7.12 Å². The number of carbonyl (C=O) groups is 1. The lowest BCUT2D eigenvalue weighted by molar-refractivity contribution is -0.0901. The first kappa shape index (κ1) is 19.1. The first-order valence-electron chi connectivity index (χ1n) is 8.66. The SMILES string of the molecule is COc1ccc(B2OC(C)(C)C(C)(C)O2)cc1C(=O)NC1CC(F)(F)C1. The lowest BCUT2D eigenvalue weighted by atomic mass is 9.78. The second-order valence-electron chi connectivity index (χ2n) is 7.98. The van der Waals surface area contributed by atoms with Crippen molar-refractivity contribution in [2.45, 2.75) is 63.7 Å². The van der Waals surface area contributed by atoms with Crippen LogP contribution >= 0.6 is 0 Å². The van der Waals surface area contributed by atoms with Crippen molar-refractivity contribution in [3.63, 3.8) is 0 Å². The van der Waals surface area contributed by atoms with E-state index in [9.17, 15) is 13.6 Å². The average Bonchev–Trinajstić information content (AvgIpc) is 2.73. The van der Waals surface area contributed by atoms with E-state index in [-0.39, 0.29) is 18.4 Å². The summed E-state index contributed by atoms with van der Waals surface area (Å²) in [6.45, 7) is 7.78. The Morgan fingerprint density at radius 2 is 1.77 bits per heavy atom. The lowest BCUT2D eigenvalue weighted by Crippen LogP contribution is -2.50. The number of hydrogen-bond donors (Lipinski definition) is 1. The average molecular weight is 367 g/mol. The molecule has 0 bridgehead atoms. The first-order valence-corrected chi connectivity index (χ1v) is 8.66. The van der Waals surface area contributed by atoms with Gasteiger partial charge in [-0.15, -0.1) is 0 Å². The monoisotopic (exact) mass is 367 g/mol. The number of benzene rings is 1. The summed E-state index contributed by atoms with van der Waals surface area (Å²) in [6, 6.07) is 4.54. The number of carbonyl (C=O) groups excluding carboxylic acids is 1. The number of nitrogens with one attached hydrogen (secondary N) is 1. The Balaban J connectivity index is 1.80. The number of methoxy groups -OCH3 is 1. The van der Waals surface area contributed by atoms with Gasteiger partial charge in [0.15, 0.2) is 0 Å². The Bertz CT molecular complexity index is 699. The fraction of sp³-hybridized carbons (Fsp3) is 0.611. The molecule has 3 rings (SSSR count). The van der Waals surface area contributed by atoms with E-state index in [0.717, 1.165) is 0 Å². The van der Waals surface area contributed by atoms with Crippen LogP contribution < -0.4 is 15.5 Å². The number of alkyl halides is 2. The minimum absolute atomic E-state index is 0.273. The van der Waals surface area contributed by atoms with Crippen molar-refractivity contribution < 1.29 is 27.6 Å². The molecular weight excluding hydrogens is 343 g/mol. The lowest BCUT2D eigenvalue weighted by Gasteiger charge is -2.35. The largest absolute Gasteiger partial charge is 0.496 e. The predicted octanol–water partition coefficient (Wildman–Crippen LogP) is 2.52. The van der Waals surface area contributed by atoms with Crippen LogP contribution in [0.25, 0.3) is 0 Å². The van der Waals surface area contributed by atoms with Crippen molar-refractivity contribution in [3.8, 4) is 5.75 Å². The van der Waals surface area contributed by atoms with E-state index in [1.165, 1.54) is 7.11 Å². The molecule has 1 aromatic rings. The third kappa shape index (κ3) is 3.44. The Morgan fingerprint density at radius 3 is 2.27 bits per heavy atom. The Labute approximate surface area is 152 Å². The highest BCUT2D eigenvalue weighted by atomic mass is 19.3. The van der Waals surface area contributed by atoms with Gasteiger partial charge in [0.05, 0.1) is 23.9 Å². The van der Waals surface area contributed by atoms with Crippen LogP contribution in [-0.2, 0) is 9.31 Å². The molecule has 1 saturated heterocycles. The molecule has 26 heavy (non-hydrogen) atoms. The molecule has 0 radical (unpaired) electrons. The smallest absolute Gasteiger partial charge is 0.494 e. The summed E-state index contributed by atoms with van der Waals surface area (Å²) in [7, 11) is 0.837. The maximum absolute atomic E-state index is 13.0. The summed E-state index contributed by atoms with van der Waals surface area (Å²) in [5.74, 6) is -2.76. The van der Waals surface area contributed by atoms with Gasteiger partial charge in [-0.05, 0) is 45.3 Å². The number of amides is 1. The fourth-order valence-corrected chi connectivity index (χ4v) is 3.06. The van der Waals surface area contributed by atoms with E-state index in [2.05, 4.69) is 5.32 Å². The molecule has 2 aliphatic rings. The maximum Gasteiger partial charge on any atom is 0.494 e. The maximum atomic E-state index is 13.0. The van der Waals surface area contributed by atoms with Crippen LogP contribution in [0.4, 0.5) is 8.78 Å². The highest BCUT2D eigenvalue weighted by Gasteiger charge is 2.52. The molecule has 0 unspecified atom stereocenters. The van der Waals surface area contributed by atoms with E-state index in [1.807, 2.05) is 27.7 Å². The molecule has 1 aliphatic carbocycles. The summed E-state index contributed by atoms with van der Waals surface area (Å²) in [4.78, 5) is 12.5. The minimum Gasteiger partial charge on any atom is -0.496 e. The van der Waals surface area contributed by atoms with Crippen LogP contribution in [-0.4, -0.2) is 43.3 Å². The third-order valence-corrected chi connectivity index (χ3v) is 5.42. The minimum atomic E-state index is -2.69. The summed E-state index contributed by atoms with van der Waals surface area (Å²) < 4.78 is 43.2. The summed E-state index contributed by atoms with van der Waals surface area (Å²) in [6.07, 6.45) is -0.671. The zero-order chi connectivity index (χ0) is 19.3. The van der Waals surface area contributed by atoms with Crippen LogP contribution in [0, 0.1) is 0 Å². The molecule has 8 heteroatoms. The molecule has 1 amide bonds. The molecular formula is C18H24BF2NO4. The summed E-state index contributed by atoms with van der Waals surface area (Å²) in [5.41, 5.74) is -0.0572. The van der Waals surface area contributed by atoms with Crippen molar-refractivity contribution in [2.24, 2.45) is 0 Å². The summed E-state index contributed by atoms with van der Waals surface area (Å²) in [5, 5.41) is 2.63. The number of halogens is 2. The van der Waals surface area contributed by atoms with Crippen LogP contribution in [0.15, 0.2) is 18.2 Å². The van der Waals surface area contributed by atoms with Crippen LogP contribution in [0.3, 0.4) is 0 Å². The van der Waals surface area contributed by atoms with E-state index >= 15 is 0 Å². The Kier molecular flexibility index (Phi) is 4.56. The fourth-order valence-electron chi connectivity index (χ4n) is 3.06. The van der Waals surface area contributed by atoms with E-state index in [1.54, 1.807) is 18.2 Å². The quantitative estimate of drug-likeness (QED) is 0.831. The van der Waals surface area contributed by atoms with Crippen LogP contribution in [0.1, 0.15) is 50.9 Å². The van der Waals surface area contributed by atoms with Gasteiger partial charge in [0.1, 0.15) is 5.75 Å². The molecule has 0 aromatic heterocycles. The standard InChI is InChI=1S/C18H24BF2NO4/c1-16(2)17(3,4)26-19(25-16)11-6-7-14(24-5)13(8-11)15(23)22-12-9-18(20,21)10-12/h6-8,12H,9-10H2,1-5H3,(H,22,23). The van der Waals surface area contributed by atoms with Crippen LogP contribution in [0.2, 0.25) is 0 Å². The molecule has 0 atom stereocenters. The van der Waals surface area contributed by atoms with E-state index < -0.39 is 36.2 Å². The molecule has 5 nitrogen and oxygen atoms in total. The van der Waals surface area contributed by atoms with Crippen molar-refractivity contribution in [2.75, 3.05) is 7.11 Å². The predicted molar refractivity (Wildman–Crippen MR) is 94.1 cm³/mol. The number of hydrogen-bond acceptors (Lipinski definition) is 4. The molecule has 142 valence electrons. The van der Waals surface area contributed by atoms with Crippen LogP contribution in [0.5, 0.6) is 5.75 Å². The normalized spacial score (nSPS) is 23.4. The first-order chi connectivity index (χ1) is 11.9. The topological polar surface area (TPSA) is 56.8 Å². The van der Waals surface area contributed by atoms with Crippen molar-refractivity contribution >= 4 is 18.5 Å². The zero-order valence-corrected chi connectivity index (χ0v) is 15.7. The Morgan fingerprint density at radius 1 is 1.19 bits per heavy atom. The van der Waals surface area contributed by atoms with E-state index in [4.69, 9.17) is 14.0 Å². The van der Waals surface area contributed by atoms with E-state index in [0.29, 0.717) is 11.2 Å². The molecule has 2 fully saturated rings. The molecule has 1 N–H and O–H groups in total. The van der Waals surface area contributed by atoms with Gasteiger partial charge in [0, 0.05) is 18.9 Å². The van der Waals surface area contributed by atoms with Crippen molar-refractivity contribution in [3.05, 3.63) is 23.8 Å². The van der Waals surface area contributed by atoms with Gasteiger partial charge in [-0.25, -0.2) is 8.78 Å². The van der Waals surface area contributed by atoms with Gasteiger partial charge in [0.25, 0.3) is 11.8 Å². The summed E-state index contributed by atoms with van der Waals surface area (Å²) >= 11 is 0. The van der Waals surface area contributed by atoms with Gasteiger partial charge in [-0.2, -0.15) is 0 Å². The van der Waals surface area contributed by atoms with Gasteiger partial charge in [-0.3, -0.25) is 4.79 Å². The zero-order valence-electron chi connectivity index (χ0n) is 15.7. The highest BCUT2D eigenvalue weighted by molar-refractivity contribution is 6.62. The van der Waals surface area contributed by atoms with Gasteiger partial charge in [-0.1, -0.05) is 6.07 Å². The molecule has 1 saturated carbocycles. The van der Waals surface area contributed by atoms with Crippen molar-refractivity contribution in [1.82, 2.24) is 5.32 Å². The third-order valence-electron chi connectivity index (χ3n) is 5.42. The Hall–Kier alpha value is -1.67. The molecule has 1 aromatic carbocycles. The van der Waals surface area contributed by atoms with Gasteiger partial charge < -0.3 is 19.4 Å². The second-order valence-corrected chi connectivity index (χ2v) is 7.98. The van der Waals surface area contributed by atoms with Gasteiger partial charge in [0.2, 0.25) is 0 Å². The highest BCUT2D eigenvalue weighted by Crippen LogP contribution is 2.38. The number of ether oxygens (including phenoxy) is 1. The number of rotatable bonds is 4.